The Morgan fingerprint density at radius 3 is 2.45 bits per heavy atom. The smallest absolute Gasteiger partial charge is 0.243 e. The Kier molecular flexibility index (Phi) is 5.14. The number of anilines is 2. The average molecular weight is 402 g/mol. The Hall–Kier alpha value is -1.40. The van der Waals surface area contributed by atoms with Crippen molar-refractivity contribution < 1.29 is 9.18 Å². The van der Waals surface area contributed by atoms with Gasteiger partial charge in [-0.3, -0.25) is 4.79 Å². The molecule has 0 bridgehead atoms. The second kappa shape index (κ2) is 6.85. The minimum Gasteiger partial charge on any atom is -0.375 e. The summed E-state index contributed by atoms with van der Waals surface area (Å²) in [7, 11) is 0. The molecule has 20 heavy (non-hydrogen) atoms. The summed E-state index contributed by atoms with van der Waals surface area (Å²) in [6.07, 6.45) is 0. The monoisotopic (exact) mass is 400 g/mol. The highest BCUT2D eigenvalue weighted by Crippen LogP contribution is 2.25. The van der Waals surface area contributed by atoms with Crippen molar-refractivity contribution in [1.29, 1.82) is 0 Å². The van der Waals surface area contributed by atoms with Gasteiger partial charge >= 0.3 is 0 Å². The van der Waals surface area contributed by atoms with Crippen molar-refractivity contribution in [3.63, 3.8) is 0 Å². The molecule has 6 heteroatoms. The van der Waals surface area contributed by atoms with Crippen molar-refractivity contribution in [2.45, 2.75) is 0 Å². The first-order valence-corrected chi connectivity index (χ1v) is 7.37. The normalized spacial score (nSPS) is 10.2. The van der Waals surface area contributed by atoms with Crippen LogP contribution in [-0.2, 0) is 4.79 Å². The van der Waals surface area contributed by atoms with Gasteiger partial charge in [0.25, 0.3) is 0 Å². The Balaban J connectivity index is 1.90. The Morgan fingerprint density at radius 2 is 1.80 bits per heavy atom. The number of carbonyl (C=O) groups excluding carboxylic acids is 1. The SMILES string of the molecule is O=C(CNc1ccc(Br)cc1Br)Nc1ccc(F)cc1. The lowest BCUT2D eigenvalue weighted by atomic mass is 10.3. The van der Waals surface area contributed by atoms with Crippen LogP contribution in [0.25, 0.3) is 0 Å². The summed E-state index contributed by atoms with van der Waals surface area (Å²) < 4.78 is 14.5. The molecule has 3 nitrogen and oxygen atoms in total. The van der Waals surface area contributed by atoms with Gasteiger partial charge < -0.3 is 10.6 Å². The first kappa shape index (κ1) is 15.0. The van der Waals surface area contributed by atoms with Crippen LogP contribution in [0.3, 0.4) is 0 Å². The van der Waals surface area contributed by atoms with Crippen LogP contribution in [0.1, 0.15) is 0 Å². The maximum absolute atomic E-state index is 12.7. The van der Waals surface area contributed by atoms with Crippen LogP contribution in [0.15, 0.2) is 51.4 Å². The molecular weight excluding hydrogens is 391 g/mol. The van der Waals surface area contributed by atoms with E-state index in [-0.39, 0.29) is 18.3 Å². The van der Waals surface area contributed by atoms with Crippen LogP contribution in [-0.4, -0.2) is 12.5 Å². The molecule has 0 aliphatic carbocycles. The number of hydrogen-bond acceptors (Lipinski definition) is 2. The first-order chi connectivity index (χ1) is 9.54. The second-order valence-electron chi connectivity index (χ2n) is 4.03. The van der Waals surface area contributed by atoms with E-state index in [1.54, 1.807) is 0 Å². The van der Waals surface area contributed by atoms with Gasteiger partial charge in [0.2, 0.25) is 5.91 Å². The second-order valence-corrected chi connectivity index (χ2v) is 5.80. The predicted octanol–water partition coefficient (Wildman–Crippen LogP) is 4.40. The van der Waals surface area contributed by atoms with E-state index >= 15 is 0 Å². The summed E-state index contributed by atoms with van der Waals surface area (Å²) in [6, 6.07) is 11.3. The molecule has 0 aliphatic rings. The Morgan fingerprint density at radius 1 is 1.10 bits per heavy atom. The molecule has 2 aromatic rings. The minimum absolute atomic E-state index is 0.123. The molecule has 2 N–H and O–H groups in total. The number of benzene rings is 2. The number of carbonyl (C=O) groups is 1. The minimum atomic E-state index is -0.333. The molecule has 0 radical (unpaired) electrons. The molecule has 104 valence electrons. The van der Waals surface area contributed by atoms with Crippen LogP contribution in [0.5, 0.6) is 0 Å². The van der Waals surface area contributed by atoms with Gasteiger partial charge in [0.05, 0.1) is 6.54 Å². The third-order valence-electron chi connectivity index (χ3n) is 2.50. The van der Waals surface area contributed by atoms with Crippen LogP contribution in [0.4, 0.5) is 15.8 Å². The van der Waals surface area contributed by atoms with Gasteiger partial charge in [-0.2, -0.15) is 0 Å². The van der Waals surface area contributed by atoms with Crippen molar-refractivity contribution in [2.75, 3.05) is 17.2 Å². The van der Waals surface area contributed by atoms with Gasteiger partial charge in [0.1, 0.15) is 5.82 Å². The number of rotatable bonds is 4. The summed E-state index contributed by atoms with van der Waals surface area (Å²) >= 11 is 6.76. The summed E-state index contributed by atoms with van der Waals surface area (Å²) in [5.74, 6) is -0.536. The Bertz CT molecular complexity index is 617. The fraction of sp³-hybridized carbons (Fsp3) is 0.0714. The van der Waals surface area contributed by atoms with E-state index in [4.69, 9.17) is 0 Å². The fourth-order valence-corrected chi connectivity index (χ4v) is 2.73. The topological polar surface area (TPSA) is 41.1 Å². The van der Waals surface area contributed by atoms with Gasteiger partial charge in [-0.15, -0.1) is 0 Å². The maximum atomic E-state index is 12.7. The molecule has 0 unspecified atom stereocenters. The first-order valence-electron chi connectivity index (χ1n) is 5.79. The molecule has 1 amide bonds. The molecule has 0 spiro atoms. The van der Waals surface area contributed by atoms with Crippen LogP contribution < -0.4 is 10.6 Å². The third kappa shape index (κ3) is 4.31. The van der Waals surface area contributed by atoms with E-state index in [9.17, 15) is 9.18 Å². The number of hydrogen-bond donors (Lipinski definition) is 2. The average Bonchev–Trinajstić information content (AvgIpc) is 2.40. The Labute approximate surface area is 132 Å². The molecule has 0 aromatic heterocycles. The van der Waals surface area contributed by atoms with Crippen LogP contribution in [0.2, 0.25) is 0 Å². The lowest BCUT2D eigenvalue weighted by Gasteiger charge is -2.09. The van der Waals surface area contributed by atoms with Crippen molar-refractivity contribution >= 4 is 49.1 Å². The molecule has 2 aromatic carbocycles. The van der Waals surface area contributed by atoms with Crippen molar-refractivity contribution in [3.8, 4) is 0 Å². The maximum Gasteiger partial charge on any atom is 0.243 e. The molecule has 0 aliphatic heterocycles. The molecule has 2 rings (SSSR count). The van der Waals surface area contributed by atoms with Crippen LogP contribution >= 0.6 is 31.9 Å². The number of nitrogens with one attached hydrogen (secondary N) is 2. The third-order valence-corrected chi connectivity index (χ3v) is 3.65. The van der Waals surface area contributed by atoms with Gasteiger partial charge in [-0.25, -0.2) is 4.39 Å². The predicted molar refractivity (Wildman–Crippen MR) is 85.4 cm³/mol. The lowest BCUT2D eigenvalue weighted by molar-refractivity contribution is -0.114. The van der Waals surface area contributed by atoms with Gasteiger partial charge in [0, 0.05) is 20.3 Å². The summed E-state index contributed by atoms with van der Waals surface area (Å²) in [5.41, 5.74) is 1.38. The summed E-state index contributed by atoms with van der Waals surface area (Å²) in [4.78, 5) is 11.8. The van der Waals surface area contributed by atoms with Crippen molar-refractivity contribution in [2.24, 2.45) is 0 Å². The zero-order valence-corrected chi connectivity index (χ0v) is 13.5. The highest BCUT2D eigenvalue weighted by molar-refractivity contribution is 9.11. The van der Waals surface area contributed by atoms with Gasteiger partial charge in [-0.05, 0) is 58.4 Å². The number of amides is 1. The highest BCUT2D eigenvalue weighted by Gasteiger charge is 2.05. The largest absolute Gasteiger partial charge is 0.375 e. The summed E-state index contributed by atoms with van der Waals surface area (Å²) in [6.45, 7) is 0.123. The van der Waals surface area contributed by atoms with E-state index in [1.165, 1.54) is 24.3 Å². The molecule has 0 heterocycles. The van der Waals surface area contributed by atoms with E-state index in [0.717, 1.165) is 14.6 Å². The highest BCUT2D eigenvalue weighted by atomic mass is 79.9. The zero-order valence-electron chi connectivity index (χ0n) is 10.3. The van der Waals surface area contributed by atoms with E-state index in [0.29, 0.717) is 5.69 Å². The van der Waals surface area contributed by atoms with E-state index in [1.807, 2.05) is 18.2 Å². The molecular formula is C14H11Br2FN2O. The van der Waals surface area contributed by atoms with Crippen molar-refractivity contribution in [3.05, 3.63) is 57.2 Å². The van der Waals surface area contributed by atoms with Gasteiger partial charge in [0.15, 0.2) is 0 Å². The fourth-order valence-electron chi connectivity index (χ4n) is 1.55. The molecule has 0 saturated heterocycles. The standard InChI is InChI=1S/C14H11Br2FN2O/c15-9-1-6-13(12(16)7-9)18-8-14(20)19-11-4-2-10(17)3-5-11/h1-7,18H,8H2,(H,19,20). The van der Waals surface area contributed by atoms with Crippen molar-refractivity contribution in [1.82, 2.24) is 0 Å². The molecule has 0 saturated carbocycles. The zero-order chi connectivity index (χ0) is 14.5. The molecule has 0 fully saturated rings. The van der Waals surface area contributed by atoms with E-state index < -0.39 is 0 Å². The molecule has 0 atom stereocenters. The quantitative estimate of drug-likeness (QED) is 0.797. The van der Waals surface area contributed by atoms with Gasteiger partial charge in [-0.1, -0.05) is 15.9 Å². The van der Waals surface area contributed by atoms with Crippen LogP contribution in [0, 0.1) is 5.82 Å². The lowest BCUT2D eigenvalue weighted by Crippen LogP contribution is -2.21. The number of halogens is 3. The van der Waals surface area contributed by atoms with E-state index in [2.05, 4.69) is 42.5 Å². The summed E-state index contributed by atoms with van der Waals surface area (Å²) in [5, 5.41) is 5.70.